The highest BCUT2D eigenvalue weighted by Gasteiger charge is 2.10. The van der Waals surface area contributed by atoms with E-state index in [4.69, 9.17) is 10.5 Å². The second-order valence-corrected chi connectivity index (χ2v) is 7.25. The minimum absolute atomic E-state index is 0.106. The summed E-state index contributed by atoms with van der Waals surface area (Å²) >= 11 is 2.08. The van der Waals surface area contributed by atoms with Gasteiger partial charge >= 0.3 is 0 Å². The van der Waals surface area contributed by atoms with E-state index in [0.29, 0.717) is 35.8 Å². The number of anilines is 1. The maximum atomic E-state index is 12.2. The summed E-state index contributed by atoms with van der Waals surface area (Å²) in [6, 6.07) is 11.2. The number of halogens is 1. The second-order valence-electron chi connectivity index (χ2n) is 6.14. The standard InChI is InChI=1S/C19H16IN7O2/c20-14-7-13(5-6-22-14)17(28)23-8-11-1-3-12(4-2-11)9-29-18-15-16(25-10-24-15)26-19(21)27-18/h1-7,10H,8-9H2,(H,23,28)(H3,21,24,25,26,27). The summed E-state index contributed by atoms with van der Waals surface area (Å²) in [5, 5.41) is 2.90. The molecule has 0 radical (unpaired) electrons. The molecule has 0 unspecified atom stereocenters. The lowest BCUT2D eigenvalue weighted by Gasteiger charge is -2.08. The van der Waals surface area contributed by atoms with Crippen molar-refractivity contribution in [3.05, 3.63) is 69.3 Å². The van der Waals surface area contributed by atoms with E-state index in [0.717, 1.165) is 14.8 Å². The van der Waals surface area contributed by atoms with Gasteiger partial charge in [-0.3, -0.25) is 9.78 Å². The van der Waals surface area contributed by atoms with Crippen molar-refractivity contribution in [2.75, 3.05) is 5.73 Å². The average molecular weight is 501 g/mol. The number of carbonyl (C=O) groups excluding carboxylic acids is 1. The largest absolute Gasteiger partial charge is 0.471 e. The average Bonchev–Trinajstić information content (AvgIpc) is 3.19. The maximum Gasteiger partial charge on any atom is 0.251 e. The molecule has 0 aliphatic carbocycles. The number of imidazole rings is 1. The Kier molecular flexibility index (Phi) is 5.51. The summed E-state index contributed by atoms with van der Waals surface area (Å²) < 4.78 is 6.55. The van der Waals surface area contributed by atoms with Gasteiger partial charge in [0.15, 0.2) is 5.65 Å². The second kappa shape index (κ2) is 8.39. The predicted molar refractivity (Wildman–Crippen MR) is 115 cm³/mol. The first-order valence-electron chi connectivity index (χ1n) is 8.65. The fraction of sp³-hybridized carbons (Fsp3) is 0.105. The van der Waals surface area contributed by atoms with Crippen molar-refractivity contribution >= 4 is 45.6 Å². The van der Waals surface area contributed by atoms with E-state index < -0.39 is 0 Å². The summed E-state index contributed by atoms with van der Waals surface area (Å²) in [5.41, 5.74) is 9.27. The lowest BCUT2D eigenvalue weighted by molar-refractivity contribution is 0.0950. The fourth-order valence-corrected chi connectivity index (χ4v) is 3.16. The maximum absolute atomic E-state index is 12.2. The van der Waals surface area contributed by atoms with E-state index in [9.17, 15) is 4.79 Å². The number of hydrogen-bond donors (Lipinski definition) is 3. The molecule has 0 bridgehead atoms. The zero-order chi connectivity index (χ0) is 20.2. The Balaban J connectivity index is 1.35. The number of nitrogens with two attached hydrogens (primary N) is 1. The van der Waals surface area contributed by atoms with Crippen LogP contribution < -0.4 is 15.8 Å². The van der Waals surface area contributed by atoms with Crippen molar-refractivity contribution in [1.82, 2.24) is 30.2 Å². The monoisotopic (exact) mass is 501 g/mol. The molecule has 0 atom stereocenters. The van der Waals surface area contributed by atoms with E-state index >= 15 is 0 Å². The molecule has 0 saturated heterocycles. The summed E-state index contributed by atoms with van der Waals surface area (Å²) in [5.74, 6) is 0.325. The Morgan fingerprint density at radius 1 is 1.14 bits per heavy atom. The molecule has 4 N–H and O–H groups in total. The van der Waals surface area contributed by atoms with Crippen LogP contribution in [0.3, 0.4) is 0 Å². The van der Waals surface area contributed by atoms with Crippen molar-refractivity contribution in [3.63, 3.8) is 0 Å². The summed E-state index contributed by atoms with van der Waals surface area (Å²) in [6.45, 7) is 0.739. The highest BCUT2D eigenvalue weighted by atomic mass is 127. The number of ether oxygens (including phenoxy) is 1. The van der Waals surface area contributed by atoms with Crippen molar-refractivity contribution in [2.24, 2.45) is 0 Å². The van der Waals surface area contributed by atoms with Gasteiger partial charge < -0.3 is 20.8 Å². The third-order valence-corrected chi connectivity index (χ3v) is 4.70. The topological polar surface area (TPSA) is 132 Å². The number of pyridine rings is 1. The van der Waals surface area contributed by atoms with E-state index in [2.05, 4.69) is 52.8 Å². The van der Waals surface area contributed by atoms with Crippen LogP contribution in [0.2, 0.25) is 0 Å². The Hall–Kier alpha value is -3.28. The molecule has 0 spiro atoms. The highest BCUT2D eigenvalue weighted by molar-refractivity contribution is 14.1. The minimum Gasteiger partial charge on any atom is -0.471 e. The molecular formula is C19H16IN7O2. The predicted octanol–water partition coefficient (Wildman–Crippen LogP) is 2.44. The summed E-state index contributed by atoms with van der Waals surface area (Å²) in [4.78, 5) is 31.4. The number of hydrogen-bond acceptors (Lipinski definition) is 7. The molecule has 0 fully saturated rings. The molecule has 146 valence electrons. The van der Waals surface area contributed by atoms with Gasteiger partial charge in [0.05, 0.1) is 6.33 Å². The van der Waals surface area contributed by atoms with Crippen LogP contribution in [0.4, 0.5) is 5.95 Å². The fourth-order valence-electron chi connectivity index (χ4n) is 2.66. The minimum atomic E-state index is -0.136. The number of nitrogens with zero attached hydrogens (tertiary/aromatic N) is 4. The van der Waals surface area contributed by atoms with Gasteiger partial charge in [-0.15, -0.1) is 0 Å². The molecule has 10 heteroatoms. The third kappa shape index (κ3) is 4.59. The Labute approximate surface area is 179 Å². The Morgan fingerprint density at radius 3 is 2.72 bits per heavy atom. The number of nitrogen functional groups attached to an aromatic ring is 1. The van der Waals surface area contributed by atoms with Gasteiger partial charge in [0, 0.05) is 18.3 Å². The zero-order valence-corrected chi connectivity index (χ0v) is 17.3. The van der Waals surface area contributed by atoms with Crippen LogP contribution in [0.15, 0.2) is 48.9 Å². The van der Waals surface area contributed by atoms with Gasteiger partial charge in [0.1, 0.15) is 15.8 Å². The van der Waals surface area contributed by atoms with Crippen LogP contribution in [0, 0.1) is 3.70 Å². The van der Waals surface area contributed by atoms with Gasteiger partial charge in [0.25, 0.3) is 5.91 Å². The number of nitrogens with one attached hydrogen (secondary N) is 2. The number of fused-ring (bicyclic) bond motifs is 1. The Bertz CT molecular complexity index is 1160. The van der Waals surface area contributed by atoms with Crippen LogP contribution in [0.1, 0.15) is 21.5 Å². The normalized spacial score (nSPS) is 10.8. The third-order valence-electron chi connectivity index (χ3n) is 4.11. The van der Waals surface area contributed by atoms with Crippen molar-refractivity contribution in [1.29, 1.82) is 0 Å². The molecule has 0 aliphatic rings. The number of amides is 1. The summed E-state index contributed by atoms with van der Waals surface area (Å²) in [6.07, 6.45) is 3.13. The van der Waals surface area contributed by atoms with Gasteiger partial charge in [-0.1, -0.05) is 24.3 Å². The SMILES string of the molecule is Nc1nc(OCc2ccc(CNC(=O)c3ccnc(I)c3)cc2)c2[nH]cnc2n1. The van der Waals surface area contributed by atoms with Gasteiger partial charge in [-0.05, 0) is 45.9 Å². The van der Waals surface area contributed by atoms with Gasteiger partial charge in [-0.2, -0.15) is 9.97 Å². The van der Waals surface area contributed by atoms with Gasteiger partial charge in [-0.25, -0.2) is 4.98 Å². The van der Waals surface area contributed by atoms with E-state index in [1.54, 1.807) is 18.3 Å². The molecule has 3 aromatic heterocycles. The highest BCUT2D eigenvalue weighted by Crippen LogP contribution is 2.20. The number of aromatic amines is 1. The smallest absolute Gasteiger partial charge is 0.251 e. The molecule has 4 aromatic rings. The van der Waals surface area contributed by atoms with E-state index in [1.165, 1.54) is 6.33 Å². The van der Waals surface area contributed by atoms with Crippen LogP contribution in [-0.4, -0.2) is 30.8 Å². The molecule has 0 saturated carbocycles. The van der Waals surface area contributed by atoms with Gasteiger partial charge in [0.2, 0.25) is 11.8 Å². The quantitative estimate of drug-likeness (QED) is 0.273. The number of H-pyrrole nitrogens is 1. The Morgan fingerprint density at radius 2 is 1.93 bits per heavy atom. The molecule has 1 aromatic carbocycles. The van der Waals surface area contributed by atoms with Crippen LogP contribution in [0.25, 0.3) is 11.2 Å². The van der Waals surface area contributed by atoms with Crippen LogP contribution in [0.5, 0.6) is 5.88 Å². The lowest BCUT2D eigenvalue weighted by atomic mass is 10.1. The number of benzene rings is 1. The molecule has 29 heavy (non-hydrogen) atoms. The zero-order valence-electron chi connectivity index (χ0n) is 15.1. The molecule has 9 nitrogen and oxygen atoms in total. The first-order chi connectivity index (χ1) is 14.1. The van der Waals surface area contributed by atoms with Crippen LogP contribution in [-0.2, 0) is 13.2 Å². The van der Waals surface area contributed by atoms with Crippen molar-refractivity contribution in [2.45, 2.75) is 13.2 Å². The molecular weight excluding hydrogens is 485 g/mol. The number of rotatable bonds is 6. The first-order valence-corrected chi connectivity index (χ1v) is 9.73. The lowest BCUT2D eigenvalue weighted by Crippen LogP contribution is -2.22. The molecule has 0 aliphatic heterocycles. The van der Waals surface area contributed by atoms with Crippen molar-refractivity contribution in [3.8, 4) is 5.88 Å². The molecule has 1 amide bonds. The van der Waals surface area contributed by atoms with Crippen LogP contribution >= 0.6 is 22.6 Å². The van der Waals surface area contributed by atoms with Crippen molar-refractivity contribution < 1.29 is 9.53 Å². The number of carbonyl (C=O) groups is 1. The first kappa shape index (κ1) is 19.1. The molecule has 4 rings (SSSR count). The van der Waals surface area contributed by atoms with E-state index in [-0.39, 0.29) is 11.9 Å². The summed E-state index contributed by atoms with van der Waals surface area (Å²) in [7, 11) is 0. The molecule has 3 heterocycles. The van der Waals surface area contributed by atoms with E-state index in [1.807, 2.05) is 24.3 Å². The number of aromatic nitrogens is 5.